The van der Waals surface area contributed by atoms with Gasteiger partial charge in [-0.3, -0.25) is 14.4 Å². The minimum Gasteiger partial charge on any atom is -0.387 e. The summed E-state index contributed by atoms with van der Waals surface area (Å²) in [6.07, 6.45) is 6.94. The number of hydrogen-bond donors (Lipinski definition) is 4. The lowest BCUT2D eigenvalue weighted by Crippen LogP contribution is -2.60. The summed E-state index contributed by atoms with van der Waals surface area (Å²) in [5.74, 6) is -0.449. The van der Waals surface area contributed by atoms with Crippen LogP contribution in [0.2, 0.25) is 12.1 Å². The summed E-state index contributed by atoms with van der Waals surface area (Å²) in [6.45, 7) is 20.1. The van der Waals surface area contributed by atoms with Crippen LogP contribution in [0.25, 0.3) is 0 Å². The summed E-state index contributed by atoms with van der Waals surface area (Å²) >= 11 is 0. The summed E-state index contributed by atoms with van der Waals surface area (Å²) in [4.78, 5) is 81.4. The van der Waals surface area contributed by atoms with E-state index in [9.17, 15) is 33.9 Å². The van der Waals surface area contributed by atoms with Crippen LogP contribution >= 0.6 is 0 Å². The first-order valence-electron chi connectivity index (χ1n) is 20.2. The minimum absolute atomic E-state index is 0.0544. The SMILES string of the molecule is CC(=O)NC1CC(C)(C)CC(C)(Cn2c(=O)n(CC3(C)CC(NC(=O)CO)CC(C)(C)C3)c(=O)n(CC3(C)CC(NC(=O)C4BC4)CC(C)(C)C3)c2=O)C1. The minimum atomic E-state index is -0.647. The van der Waals surface area contributed by atoms with Gasteiger partial charge in [-0.1, -0.05) is 68.6 Å². The lowest BCUT2D eigenvalue weighted by atomic mass is 9.62. The Morgan fingerprint density at radius 1 is 0.611 bits per heavy atom. The van der Waals surface area contributed by atoms with E-state index in [1.165, 1.54) is 20.6 Å². The quantitative estimate of drug-likeness (QED) is 0.252. The Kier molecular flexibility index (Phi) is 11.5. The average molecular weight is 755 g/mol. The summed E-state index contributed by atoms with van der Waals surface area (Å²) in [7, 11) is 0.905. The number of rotatable bonds is 11. The molecule has 1 aliphatic heterocycles. The Hall–Kier alpha value is -3.16. The molecule has 3 amide bonds. The number of carbonyl (C=O) groups excluding carboxylic acids is 3. The van der Waals surface area contributed by atoms with E-state index < -0.39 is 45.8 Å². The Morgan fingerprint density at radius 2 is 0.944 bits per heavy atom. The Bertz CT molecular complexity index is 1810. The van der Waals surface area contributed by atoms with Crippen LogP contribution in [-0.4, -0.2) is 68.5 Å². The summed E-state index contributed by atoms with van der Waals surface area (Å²) in [6, 6.07) is -0.484. The van der Waals surface area contributed by atoms with Crippen LogP contribution in [0, 0.1) is 32.5 Å². The predicted octanol–water partition coefficient (Wildman–Crippen LogP) is 2.94. The van der Waals surface area contributed by atoms with Crippen molar-refractivity contribution in [2.24, 2.45) is 32.5 Å². The van der Waals surface area contributed by atoms with Crippen molar-refractivity contribution in [1.29, 1.82) is 0 Å². The van der Waals surface area contributed by atoms with E-state index in [1.54, 1.807) is 0 Å². The van der Waals surface area contributed by atoms with Gasteiger partial charge in [0.1, 0.15) is 13.9 Å². The maximum absolute atomic E-state index is 14.7. The first-order chi connectivity index (χ1) is 24.7. The Morgan fingerprint density at radius 3 is 1.26 bits per heavy atom. The maximum Gasteiger partial charge on any atom is 0.336 e. The first-order valence-corrected chi connectivity index (χ1v) is 20.2. The second-order valence-electron chi connectivity index (χ2n) is 21.6. The normalized spacial score (nSPS) is 33.9. The van der Waals surface area contributed by atoms with Gasteiger partial charge >= 0.3 is 17.1 Å². The molecule has 1 aromatic heterocycles. The molecule has 1 saturated heterocycles. The van der Waals surface area contributed by atoms with Gasteiger partial charge in [-0.15, -0.1) is 0 Å². The van der Waals surface area contributed by atoms with Gasteiger partial charge in [0.15, 0.2) is 0 Å². The van der Waals surface area contributed by atoms with Gasteiger partial charge in [0.2, 0.25) is 17.7 Å². The standard InChI is InChI=1S/C40H67BN6O7/c1-25(49)42-26-11-35(2,3)19-38(8,14-26)22-45-32(52)46(23-39(9)15-27(43-30(50)18-48)12-36(4,5)20-39)34(54)47(33(45)53)24-40(10)16-28(13-37(6,7)21-40)44-31(51)29-17-41-29/h26-29,41,48H,11-24H2,1-10H3,(H,42,49)(H,43,50)(H,44,51). The zero-order valence-electron chi connectivity index (χ0n) is 34.7. The van der Waals surface area contributed by atoms with Crippen LogP contribution in [0.3, 0.4) is 0 Å². The molecule has 5 rings (SSSR count). The van der Waals surface area contributed by atoms with E-state index in [1.807, 2.05) is 6.92 Å². The van der Waals surface area contributed by atoms with E-state index in [2.05, 4.69) is 71.3 Å². The summed E-state index contributed by atoms with van der Waals surface area (Å²) < 4.78 is 3.78. The average Bonchev–Trinajstić information content (AvgIpc) is 3.82. The largest absolute Gasteiger partial charge is 0.387 e. The molecule has 0 bridgehead atoms. The van der Waals surface area contributed by atoms with Crippen LogP contribution in [0.15, 0.2) is 14.4 Å². The van der Waals surface area contributed by atoms with Gasteiger partial charge in [-0.05, 0) is 90.3 Å². The molecule has 54 heavy (non-hydrogen) atoms. The summed E-state index contributed by atoms with van der Waals surface area (Å²) in [5, 5.41) is 18.8. The molecule has 7 atom stereocenters. The zero-order chi connectivity index (χ0) is 40.2. The number of hydrogen-bond acceptors (Lipinski definition) is 7. The Labute approximate surface area is 321 Å². The number of aliphatic hydroxyl groups excluding tert-OH is 1. The molecule has 1 aromatic rings. The highest BCUT2D eigenvalue weighted by atomic mass is 16.3. The summed E-state index contributed by atoms with van der Waals surface area (Å²) in [5.41, 5.74) is -4.17. The number of amides is 3. The monoisotopic (exact) mass is 755 g/mol. The van der Waals surface area contributed by atoms with Gasteiger partial charge in [0, 0.05) is 50.5 Å². The molecule has 13 nitrogen and oxygen atoms in total. The van der Waals surface area contributed by atoms with E-state index in [0.29, 0.717) is 38.5 Å². The molecule has 14 heteroatoms. The highest BCUT2D eigenvalue weighted by molar-refractivity contribution is 6.57. The molecular formula is C40H67BN6O7. The number of carbonyl (C=O) groups is 3. The highest BCUT2D eigenvalue weighted by Crippen LogP contribution is 2.49. The smallest absolute Gasteiger partial charge is 0.336 e. The van der Waals surface area contributed by atoms with Gasteiger partial charge in [-0.25, -0.2) is 28.1 Å². The van der Waals surface area contributed by atoms with E-state index >= 15 is 0 Å². The third-order valence-electron chi connectivity index (χ3n) is 12.5. The van der Waals surface area contributed by atoms with Crippen LogP contribution in [0.5, 0.6) is 0 Å². The molecular weight excluding hydrogens is 687 g/mol. The van der Waals surface area contributed by atoms with Crippen molar-refractivity contribution in [3.05, 3.63) is 31.5 Å². The number of nitrogens with one attached hydrogen (secondary N) is 3. The molecule has 2 heterocycles. The lowest BCUT2D eigenvalue weighted by Gasteiger charge is -2.48. The zero-order valence-corrected chi connectivity index (χ0v) is 34.7. The lowest BCUT2D eigenvalue weighted by molar-refractivity contribution is -0.125. The van der Waals surface area contributed by atoms with Crippen LogP contribution in [0.4, 0.5) is 0 Å². The second kappa shape index (κ2) is 14.7. The van der Waals surface area contributed by atoms with Crippen molar-refractivity contribution >= 4 is 25.0 Å². The fourth-order valence-corrected chi connectivity index (χ4v) is 12.0. The fraction of sp³-hybridized carbons (Fsp3) is 0.850. The van der Waals surface area contributed by atoms with E-state index in [4.69, 9.17) is 0 Å². The molecule has 0 spiro atoms. The van der Waals surface area contributed by atoms with Gasteiger partial charge in [0.25, 0.3) is 0 Å². The molecule has 302 valence electrons. The number of aliphatic hydroxyl groups is 1. The van der Waals surface area contributed by atoms with Crippen molar-refractivity contribution in [2.45, 2.75) is 177 Å². The molecule has 4 aliphatic rings. The molecule has 0 aromatic carbocycles. The van der Waals surface area contributed by atoms with Gasteiger partial charge in [-0.2, -0.15) is 0 Å². The van der Waals surface area contributed by atoms with Crippen LogP contribution in [0.1, 0.15) is 127 Å². The maximum atomic E-state index is 14.7. The highest BCUT2D eigenvalue weighted by Gasteiger charge is 2.47. The molecule has 3 aliphatic carbocycles. The molecule has 4 fully saturated rings. The third kappa shape index (κ3) is 10.2. The second-order valence-corrected chi connectivity index (χ2v) is 21.6. The van der Waals surface area contributed by atoms with Crippen molar-refractivity contribution in [3.8, 4) is 0 Å². The predicted molar refractivity (Wildman–Crippen MR) is 211 cm³/mol. The third-order valence-corrected chi connectivity index (χ3v) is 12.5. The van der Waals surface area contributed by atoms with Crippen molar-refractivity contribution in [3.63, 3.8) is 0 Å². The molecule has 7 unspecified atom stereocenters. The number of aromatic nitrogens is 3. The Balaban J connectivity index is 1.59. The topological polar surface area (TPSA) is 174 Å². The van der Waals surface area contributed by atoms with E-state index in [0.717, 1.165) is 32.9 Å². The van der Waals surface area contributed by atoms with Crippen LogP contribution in [-0.2, 0) is 34.0 Å². The fourth-order valence-electron chi connectivity index (χ4n) is 12.0. The molecule has 0 radical (unpaired) electrons. The van der Waals surface area contributed by atoms with Gasteiger partial charge in [0.05, 0.1) is 0 Å². The van der Waals surface area contributed by atoms with Gasteiger partial charge < -0.3 is 21.1 Å². The van der Waals surface area contributed by atoms with Crippen molar-refractivity contribution in [1.82, 2.24) is 29.7 Å². The molecule has 4 N–H and O–H groups in total. The van der Waals surface area contributed by atoms with Crippen molar-refractivity contribution in [2.75, 3.05) is 6.61 Å². The molecule has 3 saturated carbocycles. The van der Waals surface area contributed by atoms with Crippen LogP contribution < -0.4 is 33.0 Å². The first kappa shape index (κ1) is 42.0. The van der Waals surface area contributed by atoms with Crippen molar-refractivity contribution < 1.29 is 19.5 Å². The van der Waals surface area contributed by atoms with E-state index in [-0.39, 0.29) is 71.6 Å². The number of nitrogens with zero attached hydrogens (tertiary/aromatic N) is 3.